The van der Waals surface area contributed by atoms with Crippen LogP contribution in [0.4, 0.5) is 0 Å². The van der Waals surface area contributed by atoms with E-state index in [4.69, 9.17) is 15.0 Å². The molecule has 0 atom stereocenters. The minimum absolute atomic E-state index is 0.0526. The van der Waals surface area contributed by atoms with Crippen molar-refractivity contribution in [2.75, 3.05) is 13.6 Å². The molecular weight excluding hydrogens is 328 g/mol. The molecule has 2 heterocycles. The van der Waals surface area contributed by atoms with E-state index in [2.05, 4.69) is 20.4 Å². The van der Waals surface area contributed by atoms with Crippen LogP contribution in [0.15, 0.2) is 0 Å². The minimum Gasteiger partial charge on any atom is -0.483 e. The number of aliphatic carboxylic acids is 1. The van der Waals surface area contributed by atoms with Crippen LogP contribution < -0.4 is 5.32 Å². The van der Waals surface area contributed by atoms with Gasteiger partial charge in [0, 0.05) is 36.8 Å². The third-order valence-electron chi connectivity index (χ3n) is 4.75. The summed E-state index contributed by atoms with van der Waals surface area (Å²) in [6, 6.07) is 0.0526. The zero-order valence-electron chi connectivity index (χ0n) is 14.2. The van der Waals surface area contributed by atoms with Crippen LogP contribution in [0.1, 0.15) is 47.4 Å². The van der Waals surface area contributed by atoms with E-state index >= 15 is 0 Å². The van der Waals surface area contributed by atoms with Gasteiger partial charge in [-0.2, -0.15) is 5.10 Å². The van der Waals surface area contributed by atoms with Crippen LogP contribution in [0.5, 0.6) is 0 Å². The van der Waals surface area contributed by atoms with E-state index in [0.29, 0.717) is 18.5 Å². The fraction of sp³-hybridized carbons (Fsp3) is 0.625. The molecule has 9 heteroatoms. The number of fused-ring (bicyclic) bond motifs is 1. The molecular formula is C16H24N4O5. The number of rotatable bonds is 3. The Morgan fingerprint density at radius 2 is 1.96 bits per heavy atom. The molecule has 1 amide bonds. The fourth-order valence-electron chi connectivity index (χ4n) is 3.36. The molecule has 1 aromatic rings. The molecule has 4 N–H and O–H groups in total. The van der Waals surface area contributed by atoms with Gasteiger partial charge in [0.25, 0.3) is 12.4 Å². The SMILES string of the molecule is CN1CCc2[nH]nc(C(=O)NC3CCC(C(=O)O)CC3)c2C1.O=CO. The molecule has 0 radical (unpaired) electrons. The molecule has 3 rings (SSSR count). The highest BCUT2D eigenvalue weighted by Gasteiger charge is 2.29. The molecule has 9 nitrogen and oxygen atoms in total. The zero-order chi connectivity index (χ0) is 18.4. The van der Waals surface area contributed by atoms with Crippen molar-refractivity contribution in [1.82, 2.24) is 20.4 Å². The number of aromatic amines is 1. The first kappa shape index (κ1) is 18.9. The predicted octanol–water partition coefficient (Wildman–Crippen LogP) is 0.472. The molecule has 1 aliphatic carbocycles. The second-order valence-corrected chi connectivity index (χ2v) is 6.48. The Kier molecular flexibility index (Phi) is 6.51. The Hall–Kier alpha value is -2.42. The van der Waals surface area contributed by atoms with E-state index in [1.54, 1.807) is 0 Å². The zero-order valence-corrected chi connectivity index (χ0v) is 14.2. The molecule has 0 spiro atoms. The molecule has 1 aliphatic heterocycles. The summed E-state index contributed by atoms with van der Waals surface area (Å²) in [6.45, 7) is 1.45. The lowest BCUT2D eigenvalue weighted by molar-refractivity contribution is -0.142. The highest BCUT2D eigenvalue weighted by atomic mass is 16.4. The number of carboxylic acid groups (broad SMARTS) is 2. The molecule has 1 saturated carbocycles. The highest BCUT2D eigenvalue weighted by Crippen LogP contribution is 2.25. The number of aromatic nitrogens is 2. The smallest absolute Gasteiger partial charge is 0.306 e. The Balaban J connectivity index is 0.000000701. The maximum absolute atomic E-state index is 12.4. The fourth-order valence-corrected chi connectivity index (χ4v) is 3.36. The first-order valence-electron chi connectivity index (χ1n) is 8.32. The van der Waals surface area contributed by atoms with E-state index in [1.165, 1.54) is 0 Å². The Bertz CT molecular complexity index is 622. The number of H-pyrrole nitrogens is 1. The van der Waals surface area contributed by atoms with Gasteiger partial charge in [0.2, 0.25) is 0 Å². The predicted molar refractivity (Wildman–Crippen MR) is 88.2 cm³/mol. The first-order valence-corrected chi connectivity index (χ1v) is 8.32. The van der Waals surface area contributed by atoms with Crippen molar-refractivity contribution >= 4 is 18.3 Å². The van der Waals surface area contributed by atoms with Crippen molar-refractivity contribution in [2.45, 2.75) is 44.7 Å². The summed E-state index contributed by atoms with van der Waals surface area (Å²) in [4.78, 5) is 33.9. The van der Waals surface area contributed by atoms with Crippen LogP contribution in [0.3, 0.4) is 0 Å². The maximum Gasteiger partial charge on any atom is 0.306 e. The number of hydrogen-bond donors (Lipinski definition) is 4. The Labute approximate surface area is 145 Å². The number of nitrogens with zero attached hydrogens (tertiary/aromatic N) is 2. The monoisotopic (exact) mass is 352 g/mol. The van der Waals surface area contributed by atoms with Crippen molar-refractivity contribution in [3.05, 3.63) is 17.0 Å². The van der Waals surface area contributed by atoms with Crippen LogP contribution in [-0.2, 0) is 22.6 Å². The third-order valence-corrected chi connectivity index (χ3v) is 4.75. The summed E-state index contributed by atoms with van der Waals surface area (Å²) in [7, 11) is 2.03. The standard InChI is InChI=1S/C15H22N4O3.CH2O2/c1-19-7-6-12-11(8-19)13(18-17-12)14(20)16-10-4-2-9(3-5-10)15(21)22;2-1-3/h9-10H,2-8H2,1H3,(H,16,20)(H,17,18)(H,21,22);1H,(H,2,3). The van der Waals surface area contributed by atoms with Gasteiger partial charge in [-0.3, -0.25) is 19.5 Å². The number of amides is 1. The highest BCUT2D eigenvalue weighted by molar-refractivity contribution is 5.94. The molecule has 0 bridgehead atoms. The van der Waals surface area contributed by atoms with Crippen molar-refractivity contribution in [1.29, 1.82) is 0 Å². The van der Waals surface area contributed by atoms with Crippen molar-refractivity contribution in [2.24, 2.45) is 5.92 Å². The number of hydrogen-bond acceptors (Lipinski definition) is 5. The van der Waals surface area contributed by atoms with Gasteiger partial charge in [0.15, 0.2) is 5.69 Å². The number of carbonyl (C=O) groups is 3. The number of carbonyl (C=O) groups excluding carboxylic acids is 1. The number of nitrogens with one attached hydrogen (secondary N) is 2. The molecule has 1 fully saturated rings. The summed E-state index contributed by atoms with van der Waals surface area (Å²) in [6.07, 6.45) is 3.57. The largest absolute Gasteiger partial charge is 0.483 e. The molecule has 138 valence electrons. The van der Waals surface area contributed by atoms with Crippen LogP contribution in [0, 0.1) is 5.92 Å². The lowest BCUT2D eigenvalue weighted by Gasteiger charge is -2.27. The van der Waals surface area contributed by atoms with Crippen LogP contribution in [0.25, 0.3) is 0 Å². The lowest BCUT2D eigenvalue weighted by Crippen LogP contribution is -2.39. The Morgan fingerprint density at radius 1 is 1.32 bits per heavy atom. The van der Waals surface area contributed by atoms with Crippen LogP contribution in [0.2, 0.25) is 0 Å². The summed E-state index contributed by atoms with van der Waals surface area (Å²) < 4.78 is 0. The lowest BCUT2D eigenvalue weighted by atomic mass is 9.86. The first-order chi connectivity index (χ1) is 12.0. The summed E-state index contributed by atoms with van der Waals surface area (Å²) in [5.74, 6) is -1.14. The summed E-state index contributed by atoms with van der Waals surface area (Å²) >= 11 is 0. The van der Waals surface area contributed by atoms with Gasteiger partial charge in [-0.25, -0.2) is 0 Å². The van der Waals surface area contributed by atoms with Gasteiger partial charge in [0.05, 0.1) is 5.92 Å². The van der Waals surface area contributed by atoms with Gasteiger partial charge in [-0.05, 0) is 32.7 Å². The topological polar surface area (TPSA) is 136 Å². The van der Waals surface area contributed by atoms with Gasteiger partial charge in [-0.15, -0.1) is 0 Å². The Morgan fingerprint density at radius 3 is 2.56 bits per heavy atom. The number of likely N-dealkylation sites (N-methyl/N-ethyl adjacent to an activating group) is 1. The van der Waals surface area contributed by atoms with Crippen molar-refractivity contribution in [3.63, 3.8) is 0 Å². The van der Waals surface area contributed by atoms with Crippen LogP contribution >= 0.6 is 0 Å². The second kappa shape index (κ2) is 8.61. The molecule has 0 unspecified atom stereocenters. The molecule has 25 heavy (non-hydrogen) atoms. The molecule has 0 aromatic carbocycles. The summed E-state index contributed by atoms with van der Waals surface area (Å²) in [5, 5.41) is 26.1. The summed E-state index contributed by atoms with van der Waals surface area (Å²) in [5.41, 5.74) is 2.53. The van der Waals surface area contributed by atoms with E-state index in [-0.39, 0.29) is 24.3 Å². The van der Waals surface area contributed by atoms with E-state index in [1.807, 2.05) is 7.05 Å². The average molecular weight is 352 g/mol. The van der Waals surface area contributed by atoms with E-state index in [0.717, 1.165) is 43.6 Å². The van der Waals surface area contributed by atoms with Gasteiger partial charge < -0.3 is 20.4 Å². The van der Waals surface area contributed by atoms with Crippen molar-refractivity contribution < 1.29 is 24.6 Å². The van der Waals surface area contributed by atoms with Gasteiger partial charge in [-0.1, -0.05) is 0 Å². The van der Waals surface area contributed by atoms with E-state index in [9.17, 15) is 9.59 Å². The van der Waals surface area contributed by atoms with Crippen molar-refractivity contribution in [3.8, 4) is 0 Å². The van der Waals surface area contributed by atoms with Gasteiger partial charge in [0.1, 0.15) is 0 Å². The molecule has 0 saturated heterocycles. The van der Waals surface area contributed by atoms with Gasteiger partial charge >= 0.3 is 5.97 Å². The second-order valence-electron chi connectivity index (χ2n) is 6.48. The molecule has 2 aliphatic rings. The maximum atomic E-state index is 12.4. The minimum atomic E-state index is -0.728. The third kappa shape index (κ3) is 4.79. The number of carboxylic acids is 1. The average Bonchev–Trinajstić information content (AvgIpc) is 2.99. The van der Waals surface area contributed by atoms with E-state index < -0.39 is 5.97 Å². The quantitative estimate of drug-likeness (QED) is 0.581. The van der Waals surface area contributed by atoms with Crippen LogP contribution in [-0.4, -0.2) is 63.3 Å². The normalized spacial score (nSPS) is 22.9. The molecule has 1 aromatic heterocycles.